The lowest BCUT2D eigenvalue weighted by Gasteiger charge is -2.05. The first-order valence-electron chi connectivity index (χ1n) is 2.14. The summed E-state index contributed by atoms with van der Waals surface area (Å²) in [7, 11) is -4.72. The molecule has 0 heterocycles. The van der Waals surface area contributed by atoms with Crippen LogP contribution in [0.1, 0.15) is 6.92 Å². The van der Waals surface area contributed by atoms with Gasteiger partial charge in [-0.3, -0.25) is 4.55 Å². The molecule has 0 aromatic heterocycles. The van der Waals surface area contributed by atoms with E-state index in [9.17, 15) is 12.8 Å². The number of hydrogen-bond acceptors (Lipinski definition) is 3. The van der Waals surface area contributed by atoms with Crippen LogP contribution in [-0.4, -0.2) is 29.7 Å². The third-order valence-corrected chi connectivity index (χ3v) is 1.63. The number of halogens is 1. The van der Waals surface area contributed by atoms with Gasteiger partial charge in [0, 0.05) is 0 Å². The summed E-state index contributed by atoms with van der Waals surface area (Å²) in [6, 6.07) is 0. The molecule has 0 aromatic rings. The van der Waals surface area contributed by atoms with Gasteiger partial charge in [0.25, 0.3) is 15.6 Å². The summed E-state index contributed by atoms with van der Waals surface area (Å²) in [5.41, 5.74) is -2.60. The standard InChI is InChI=1S/C3H7FO4S/c1-2(5)3(4)9(6,7)8/h2-3,5H,1H3,(H,6,7,8)/t2-,3?/m1/s1. The van der Waals surface area contributed by atoms with Gasteiger partial charge < -0.3 is 5.11 Å². The van der Waals surface area contributed by atoms with E-state index < -0.39 is 21.7 Å². The Hall–Kier alpha value is -0.200. The third kappa shape index (κ3) is 2.73. The molecular weight excluding hydrogens is 151 g/mol. The predicted octanol–water partition coefficient (Wildman–Crippen LogP) is -0.449. The van der Waals surface area contributed by atoms with Crippen molar-refractivity contribution in [1.82, 2.24) is 0 Å². The summed E-state index contributed by atoms with van der Waals surface area (Å²) in [6.45, 7) is 0.929. The summed E-state index contributed by atoms with van der Waals surface area (Å²) >= 11 is 0. The molecule has 0 spiro atoms. The molecular formula is C3H7FO4S. The fourth-order valence-electron chi connectivity index (χ4n) is 0.249. The fraction of sp³-hybridized carbons (Fsp3) is 1.00. The smallest absolute Gasteiger partial charge is 0.300 e. The Bertz CT molecular complexity index is 172. The van der Waals surface area contributed by atoms with Gasteiger partial charge in [-0.15, -0.1) is 0 Å². The highest BCUT2D eigenvalue weighted by atomic mass is 32.2. The lowest BCUT2D eigenvalue weighted by Crippen LogP contribution is -2.26. The van der Waals surface area contributed by atoms with Crippen molar-refractivity contribution in [1.29, 1.82) is 0 Å². The zero-order chi connectivity index (χ0) is 7.65. The topological polar surface area (TPSA) is 74.6 Å². The van der Waals surface area contributed by atoms with E-state index in [0.717, 1.165) is 6.92 Å². The molecule has 2 atom stereocenters. The normalized spacial score (nSPS) is 19.1. The van der Waals surface area contributed by atoms with E-state index in [1.54, 1.807) is 0 Å². The first kappa shape index (κ1) is 8.80. The van der Waals surface area contributed by atoms with E-state index in [-0.39, 0.29) is 0 Å². The van der Waals surface area contributed by atoms with Crippen molar-refractivity contribution in [2.75, 3.05) is 0 Å². The van der Waals surface area contributed by atoms with Gasteiger partial charge in [-0.25, -0.2) is 4.39 Å². The average molecular weight is 158 g/mol. The number of hydrogen-bond donors (Lipinski definition) is 2. The molecule has 2 N–H and O–H groups in total. The van der Waals surface area contributed by atoms with Crippen LogP contribution >= 0.6 is 0 Å². The quantitative estimate of drug-likeness (QED) is 0.534. The van der Waals surface area contributed by atoms with Crippen molar-refractivity contribution in [3.05, 3.63) is 0 Å². The van der Waals surface area contributed by atoms with E-state index in [1.807, 2.05) is 0 Å². The monoisotopic (exact) mass is 158 g/mol. The predicted molar refractivity (Wildman–Crippen MR) is 28.1 cm³/mol. The minimum Gasteiger partial charge on any atom is -0.389 e. The molecule has 0 aliphatic carbocycles. The van der Waals surface area contributed by atoms with Gasteiger partial charge in [0.2, 0.25) is 0 Å². The molecule has 0 amide bonds. The van der Waals surface area contributed by atoms with Crippen molar-refractivity contribution in [3.8, 4) is 0 Å². The highest BCUT2D eigenvalue weighted by molar-refractivity contribution is 7.86. The summed E-state index contributed by atoms with van der Waals surface area (Å²) in [4.78, 5) is 0. The number of rotatable bonds is 2. The van der Waals surface area contributed by atoms with Crippen molar-refractivity contribution in [2.24, 2.45) is 0 Å². The molecule has 0 fully saturated rings. The average Bonchev–Trinajstić information content (AvgIpc) is 1.62. The molecule has 0 saturated heterocycles. The lowest BCUT2D eigenvalue weighted by molar-refractivity contribution is 0.129. The molecule has 0 bridgehead atoms. The molecule has 0 radical (unpaired) electrons. The first-order valence-corrected chi connectivity index (χ1v) is 3.64. The molecule has 6 heteroatoms. The molecule has 0 aliphatic rings. The van der Waals surface area contributed by atoms with Crippen LogP contribution in [0.25, 0.3) is 0 Å². The Kier molecular flexibility index (Phi) is 2.53. The lowest BCUT2D eigenvalue weighted by atomic mass is 10.5. The van der Waals surface area contributed by atoms with Crippen LogP contribution in [-0.2, 0) is 10.1 Å². The largest absolute Gasteiger partial charge is 0.389 e. The van der Waals surface area contributed by atoms with Crippen molar-refractivity contribution in [2.45, 2.75) is 18.5 Å². The van der Waals surface area contributed by atoms with Crippen molar-refractivity contribution >= 4 is 10.1 Å². The van der Waals surface area contributed by atoms with Crippen LogP contribution in [0.2, 0.25) is 0 Å². The van der Waals surface area contributed by atoms with E-state index >= 15 is 0 Å². The molecule has 0 aliphatic heterocycles. The van der Waals surface area contributed by atoms with Gasteiger partial charge in [0.05, 0.1) is 6.10 Å². The summed E-state index contributed by atoms with van der Waals surface area (Å²) < 4.78 is 39.4. The highest BCUT2D eigenvalue weighted by Gasteiger charge is 2.26. The Morgan fingerprint density at radius 3 is 1.89 bits per heavy atom. The Labute approximate surface area is 52.1 Å². The maximum atomic E-state index is 11.9. The molecule has 0 rings (SSSR count). The Morgan fingerprint density at radius 1 is 1.56 bits per heavy atom. The van der Waals surface area contributed by atoms with Gasteiger partial charge in [0.15, 0.2) is 0 Å². The number of aliphatic hydroxyl groups is 1. The minimum atomic E-state index is -4.72. The van der Waals surface area contributed by atoms with Crippen molar-refractivity contribution in [3.63, 3.8) is 0 Å². The molecule has 9 heavy (non-hydrogen) atoms. The van der Waals surface area contributed by atoms with Gasteiger partial charge in [0.1, 0.15) is 0 Å². The van der Waals surface area contributed by atoms with Crippen molar-refractivity contribution < 1.29 is 22.5 Å². The molecule has 4 nitrogen and oxygen atoms in total. The summed E-state index contributed by atoms with van der Waals surface area (Å²) in [5.74, 6) is 0. The van der Waals surface area contributed by atoms with E-state index in [1.165, 1.54) is 0 Å². The van der Waals surface area contributed by atoms with Crippen LogP contribution < -0.4 is 0 Å². The van der Waals surface area contributed by atoms with Crippen LogP contribution in [0.15, 0.2) is 0 Å². The summed E-state index contributed by atoms with van der Waals surface area (Å²) in [5, 5.41) is 8.24. The third-order valence-electron chi connectivity index (χ3n) is 0.664. The fourth-order valence-corrected chi connectivity index (χ4v) is 0.747. The number of alkyl halides is 1. The first-order chi connectivity index (χ1) is 3.85. The van der Waals surface area contributed by atoms with E-state index in [4.69, 9.17) is 9.66 Å². The highest BCUT2D eigenvalue weighted by Crippen LogP contribution is 2.04. The second-order valence-electron chi connectivity index (χ2n) is 1.61. The molecule has 1 unspecified atom stereocenters. The van der Waals surface area contributed by atoms with E-state index in [2.05, 4.69) is 0 Å². The SMILES string of the molecule is C[C@@H](O)C(F)S(=O)(=O)O. The maximum absolute atomic E-state index is 11.9. The Morgan fingerprint density at radius 2 is 1.89 bits per heavy atom. The second-order valence-corrected chi connectivity index (χ2v) is 3.09. The molecule has 56 valence electrons. The number of aliphatic hydroxyl groups excluding tert-OH is 1. The van der Waals surface area contributed by atoms with E-state index in [0.29, 0.717) is 0 Å². The van der Waals surface area contributed by atoms with Gasteiger partial charge in [-0.2, -0.15) is 8.42 Å². The van der Waals surface area contributed by atoms with Crippen LogP contribution in [0.4, 0.5) is 4.39 Å². The van der Waals surface area contributed by atoms with Crippen LogP contribution in [0.3, 0.4) is 0 Å². The maximum Gasteiger partial charge on any atom is 0.300 e. The second kappa shape index (κ2) is 2.59. The molecule has 0 aromatic carbocycles. The van der Waals surface area contributed by atoms with Gasteiger partial charge in [-0.1, -0.05) is 0 Å². The van der Waals surface area contributed by atoms with Gasteiger partial charge in [-0.05, 0) is 6.92 Å². The molecule has 0 saturated carbocycles. The van der Waals surface area contributed by atoms with Crippen LogP contribution in [0, 0.1) is 0 Å². The summed E-state index contributed by atoms with van der Waals surface area (Å²) in [6.07, 6.45) is -1.69. The van der Waals surface area contributed by atoms with Gasteiger partial charge >= 0.3 is 0 Å². The zero-order valence-corrected chi connectivity index (χ0v) is 5.47. The zero-order valence-electron chi connectivity index (χ0n) is 4.65. The Balaban J connectivity index is 4.24. The minimum absolute atomic E-state index is 0.929. The van der Waals surface area contributed by atoms with Crippen LogP contribution in [0.5, 0.6) is 0 Å².